The van der Waals surface area contributed by atoms with Crippen molar-refractivity contribution in [2.75, 3.05) is 0 Å². The van der Waals surface area contributed by atoms with Crippen LogP contribution in [0.2, 0.25) is 0 Å². The van der Waals surface area contributed by atoms with Gasteiger partial charge in [0.1, 0.15) is 6.33 Å². The average Bonchev–Trinajstić information content (AvgIpc) is 3.00. The Morgan fingerprint density at radius 1 is 1.38 bits per heavy atom. The summed E-state index contributed by atoms with van der Waals surface area (Å²) in [6, 6.07) is 0.0568. The van der Waals surface area contributed by atoms with E-state index in [-0.39, 0.29) is 11.9 Å². The molecule has 2 aromatic rings. The Balaban J connectivity index is 2.05. The largest absolute Gasteiger partial charge is 0.347 e. The van der Waals surface area contributed by atoms with Crippen molar-refractivity contribution < 1.29 is 4.79 Å². The predicted molar refractivity (Wildman–Crippen MR) is 79.8 cm³/mol. The lowest BCUT2D eigenvalue weighted by Crippen LogP contribution is -2.38. The van der Waals surface area contributed by atoms with Gasteiger partial charge in [0.2, 0.25) is 0 Å². The van der Waals surface area contributed by atoms with Crippen LogP contribution < -0.4 is 5.32 Å². The van der Waals surface area contributed by atoms with Crippen LogP contribution in [-0.4, -0.2) is 31.5 Å². The van der Waals surface area contributed by atoms with Crippen LogP contribution in [-0.2, 0) is 13.0 Å². The van der Waals surface area contributed by atoms with Crippen LogP contribution in [0, 0.1) is 0 Å². The molecule has 1 unspecified atom stereocenters. The standard InChI is InChI=1S/C15H21N5O/c1-3-5-14-13(8-17-10-18-14)15(21)19-12(4-2)9-20-7-6-16-11-20/h6-8,10-12H,3-5,9H2,1-2H3,(H,19,21). The first kappa shape index (κ1) is 15.2. The highest BCUT2D eigenvalue weighted by atomic mass is 16.1. The zero-order valence-electron chi connectivity index (χ0n) is 12.5. The molecule has 2 rings (SSSR count). The minimum atomic E-state index is -0.106. The zero-order chi connectivity index (χ0) is 15.1. The molecule has 2 heterocycles. The molecule has 0 radical (unpaired) electrons. The summed E-state index contributed by atoms with van der Waals surface area (Å²) < 4.78 is 1.96. The number of aryl methyl sites for hydroxylation is 1. The topological polar surface area (TPSA) is 72.7 Å². The molecular formula is C15H21N5O. The van der Waals surface area contributed by atoms with Crippen LogP contribution in [0.4, 0.5) is 0 Å². The Morgan fingerprint density at radius 2 is 2.24 bits per heavy atom. The lowest BCUT2D eigenvalue weighted by atomic mass is 10.1. The van der Waals surface area contributed by atoms with Crippen LogP contribution >= 0.6 is 0 Å². The Morgan fingerprint density at radius 3 is 2.90 bits per heavy atom. The van der Waals surface area contributed by atoms with Crippen molar-refractivity contribution in [3.05, 3.63) is 42.5 Å². The van der Waals surface area contributed by atoms with E-state index in [1.165, 1.54) is 6.33 Å². The molecule has 112 valence electrons. The molecule has 1 amide bonds. The third-order valence-corrected chi connectivity index (χ3v) is 3.34. The Hall–Kier alpha value is -2.24. The normalized spacial score (nSPS) is 12.1. The van der Waals surface area contributed by atoms with Gasteiger partial charge in [0.05, 0.1) is 17.6 Å². The van der Waals surface area contributed by atoms with Gasteiger partial charge in [0.15, 0.2) is 0 Å². The molecule has 0 spiro atoms. The fourth-order valence-electron chi connectivity index (χ4n) is 2.17. The number of carbonyl (C=O) groups is 1. The highest BCUT2D eigenvalue weighted by molar-refractivity contribution is 5.95. The SMILES string of the molecule is CCCc1ncncc1C(=O)NC(CC)Cn1ccnc1. The molecule has 0 aliphatic heterocycles. The highest BCUT2D eigenvalue weighted by Gasteiger charge is 2.16. The van der Waals surface area contributed by atoms with Crippen molar-refractivity contribution in [2.45, 2.75) is 45.7 Å². The number of nitrogens with one attached hydrogen (secondary N) is 1. The van der Waals surface area contributed by atoms with Crippen LogP contribution in [0.3, 0.4) is 0 Å². The number of amides is 1. The van der Waals surface area contributed by atoms with E-state index in [1.54, 1.807) is 18.7 Å². The van der Waals surface area contributed by atoms with E-state index in [4.69, 9.17) is 0 Å². The van der Waals surface area contributed by atoms with E-state index in [2.05, 4.69) is 34.1 Å². The third kappa shape index (κ3) is 4.11. The fraction of sp³-hybridized carbons (Fsp3) is 0.467. The van der Waals surface area contributed by atoms with Crippen molar-refractivity contribution in [1.29, 1.82) is 0 Å². The second-order valence-electron chi connectivity index (χ2n) is 4.97. The summed E-state index contributed by atoms with van der Waals surface area (Å²) in [4.78, 5) is 24.6. The first-order valence-corrected chi connectivity index (χ1v) is 7.30. The van der Waals surface area contributed by atoms with Gasteiger partial charge in [-0.05, 0) is 12.8 Å². The first-order valence-electron chi connectivity index (χ1n) is 7.30. The lowest BCUT2D eigenvalue weighted by Gasteiger charge is -2.18. The maximum Gasteiger partial charge on any atom is 0.254 e. The molecule has 2 aromatic heterocycles. The van der Waals surface area contributed by atoms with Crippen molar-refractivity contribution in [3.8, 4) is 0 Å². The minimum Gasteiger partial charge on any atom is -0.347 e. The van der Waals surface area contributed by atoms with E-state index in [1.807, 2.05) is 10.8 Å². The number of rotatable bonds is 7. The van der Waals surface area contributed by atoms with Gasteiger partial charge >= 0.3 is 0 Å². The Bertz CT molecular complexity index is 567. The summed E-state index contributed by atoms with van der Waals surface area (Å²) in [5, 5.41) is 3.05. The summed E-state index contributed by atoms with van der Waals surface area (Å²) in [5.74, 6) is -0.106. The van der Waals surface area contributed by atoms with E-state index in [9.17, 15) is 4.79 Å². The van der Waals surface area contributed by atoms with Gasteiger partial charge in [-0.3, -0.25) is 4.79 Å². The predicted octanol–water partition coefficient (Wildman–Crippen LogP) is 1.83. The monoisotopic (exact) mass is 287 g/mol. The van der Waals surface area contributed by atoms with Gasteiger partial charge in [0, 0.05) is 31.2 Å². The molecule has 1 atom stereocenters. The average molecular weight is 287 g/mol. The van der Waals surface area contributed by atoms with Crippen molar-refractivity contribution in [1.82, 2.24) is 24.8 Å². The van der Waals surface area contributed by atoms with E-state index >= 15 is 0 Å². The lowest BCUT2D eigenvalue weighted by molar-refractivity contribution is 0.0930. The van der Waals surface area contributed by atoms with Gasteiger partial charge in [0.25, 0.3) is 5.91 Å². The third-order valence-electron chi connectivity index (χ3n) is 3.34. The minimum absolute atomic E-state index is 0.0568. The Labute approximate surface area is 124 Å². The van der Waals surface area contributed by atoms with Gasteiger partial charge in [-0.1, -0.05) is 20.3 Å². The number of imidazole rings is 1. The molecule has 0 saturated heterocycles. The summed E-state index contributed by atoms with van der Waals surface area (Å²) in [5.41, 5.74) is 1.38. The van der Waals surface area contributed by atoms with Gasteiger partial charge in [-0.25, -0.2) is 15.0 Å². The number of carbonyl (C=O) groups excluding carboxylic acids is 1. The van der Waals surface area contributed by atoms with Crippen LogP contribution in [0.15, 0.2) is 31.2 Å². The maximum absolute atomic E-state index is 12.4. The summed E-state index contributed by atoms with van der Waals surface area (Å²) in [6.45, 7) is 4.83. The number of nitrogens with zero attached hydrogens (tertiary/aromatic N) is 4. The number of hydrogen-bond donors (Lipinski definition) is 1. The summed E-state index contributed by atoms with van der Waals surface area (Å²) >= 11 is 0. The molecule has 0 fully saturated rings. The first-order chi connectivity index (χ1) is 10.2. The maximum atomic E-state index is 12.4. The number of hydrogen-bond acceptors (Lipinski definition) is 4. The summed E-state index contributed by atoms with van der Waals surface area (Å²) in [7, 11) is 0. The van der Waals surface area contributed by atoms with Crippen LogP contribution in [0.5, 0.6) is 0 Å². The highest BCUT2D eigenvalue weighted by Crippen LogP contribution is 2.08. The molecule has 0 bridgehead atoms. The van der Waals surface area contributed by atoms with Gasteiger partial charge in [-0.2, -0.15) is 0 Å². The Kier molecular flexibility index (Phi) is 5.43. The molecule has 6 nitrogen and oxygen atoms in total. The molecular weight excluding hydrogens is 266 g/mol. The van der Waals surface area contributed by atoms with Crippen LogP contribution in [0.25, 0.3) is 0 Å². The molecule has 21 heavy (non-hydrogen) atoms. The van der Waals surface area contributed by atoms with Crippen molar-refractivity contribution >= 4 is 5.91 Å². The zero-order valence-corrected chi connectivity index (χ0v) is 12.5. The van der Waals surface area contributed by atoms with E-state index < -0.39 is 0 Å². The van der Waals surface area contributed by atoms with Gasteiger partial charge < -0.3 is 9.88 Å². The fourth-order valence-corrected chi connectivity index (χ4v) is 2.17. The second-order valence-corrected chi connectivity index (χ2v) is 4.97. The van der Waals surface area contributed by atoms with Crippen LogP contribution in [0.1, 0.15) is 42.7 Å². The summed E-state index contributed by atoms with van der Waals surface area (Å²) in [6.07, 6.45) is 11.0. The molecule has 0 aliphatic carbocycles. The quantitative estimate of drug-likeness (QED) is 0.843. The van der Waals surface area contributed by atoms with Gasteiger partial charge in [-0.15, -0.1) is 0 Å². The second kappa shape index (κ2) is 7.52. The smallest absolute Gasteiger partial charge is 0.254 e. The van der Waals surface area contributed by atoms with Crippen molar-refractivity contribution in [2.24, 2.45) is 0 Å². The van der Waals surface area contributed by atoms with E-state index in [0.717, 1.165) is 25.0 Å². The molecule has 0 aliphatic rings. The molecule has 0 saturated carbocycles. The van der Waals surface area contributed by atoms with E-state index in [0.29, 0.717) is 12.1 Å². The molecule has 0 aromatic carbocycles. The molecule has 1 N–H and O–H groups in total. The number of aromatic nitrogens is 4. The van der Waals surface area contributed by atoms with Crippen molar-refractivity contribution in [3.63, 3.8) is 0 Å². The molecule has 6 heteroatoms.